The second-order valence-corrected chi connectivity index (χ2v) is 9.12. The van der Waals surface area contributed by atoms with Crippen molar-refractivity contribution in [1.29, 1.82) is 15.8 Å². The summed E-state index contributed by atoms with van der Waals surface area (Å²) >= 11 is 0. The summed E-state index contributed by atoms with van der Waals surface area (Å²) in [5.74, 6) is 1.36. The van der Waals surface area contributed by atoms with E-state index in [2.05, 4.69) is 12.5 Å². The van der Waals surface area contributed by atoms with E-state index in [1.54, 1.807) is 20.8 Å². The van der Waals surface area contributed by atoms with Gasteiger partial charge in [-0.2, -0.15) is 15.8 Å². The summed E-state index contributed by atoms with van der Waals surface area (Å²) in [5, 5.41) is 55.1. The molecule has 222 valence electrons. The Kier molecular flexibility index (Phi) is 13.3. The Bertz CT molecular complexity index is 1850. The fourth-order valence-electron chi connectivity index (χ4n) is 3.75. The third-order valence-electron chi connectivity index (χ3n) is 6.07. The van der Waals surface area contributed by atoms with Gasteiger partial charge in [-0.1, -0.05) is 25.3 Å². The second-order valence-electron chi connectivity index (χ2n) is 9.12. The van der Waals surface area contributed by atoms with Crippen LogP contribution in [0.25, 0.3) is 0 Å². The first-order chi connectivity index (χ1) is 20.3. The van der Waals surface area contributed by atoms with Gasteiger partial charge in [0.05, 0.1) is 6.54 Å². The summed E-state index contributed by atoms with van der Waals surface area (Å²) in [4.78, 5) is 34.2. The molecule has 0 amide bonds. The van der Waals surface area contributed by atoms with Crippen molar-refractivity contribution in [3.8, 4) is 48.2 Å². The number of aromatic hydroxyl groups is 3. The molecule has 3 aromatic heterocycles. The Morgan fingerprint density at radius 1 is 0.767 bits per heavy atom. The zero-order chi connectivity index (χ0) is 32.9. The highest BCUT2D eigenvalue weighted by molar-refractivity contribution is 5.45. The number of nitriles is 3. The Morgan fingerprint density at radius 2 is 1.14 bits per heavy atom. The quantitative estimate of drug-likeness (QED) is 0.288. The fraction of sp³-hybridized carbons (Fsp3) is 0.290. The van der Waals surface area contributed by atoms with Crippen molar-refractivity contribution in [2.45, 2.75) is 60.2 Å². The maximum atomic E-state index is 11.5. The van der Waals surface area contributed by atoms with Gasteiger partial charge in [0, 0.05) is 31.3 Å². The van der Waals surface area contributed by atoms with Crippen LogP contribution in [-0.4, -0.2) is 29.0 Å². The zero-order valence-electron chi connectivity index (χ0n) is 24.4. The molecule has 3 rings (SSSR count). The summed E-state index contributed by atoms with van der Waals surface area (Å²) < 4.78 is 3.32. The lowest BCUT2D eigenvalue weighted by Crippen LogP contribution is -2.20. The number of nitrogens with zero attached hydrogens (tertiary/aromatic N) is 6. The van der Waals surface area contributed by atoms with Crippen molar-refractivity contribution in [2.24, 2.45) is 0 Å². The zero-order valence-corrected chi connectivity index (χ0v) is 24.4. The van der Waals surface area contributed by atoms with E-state index in [0.717, 1.165) is 22.0 Å². The largest absolute Gasteiger partial charge is 0.493 e. The van der Waals surface area contributed by atoms with E-state index in [4.69, 9.17) is 22.2 Å². The topological polar surface area (TPSA) is 198 Å². The average Bonchev–Trinajstić information content (AvgIpc) is 2.94. The number of hydrogen-bond acceptors (Lipinski definition) is 9. The molecule has 0 aromatic carbocycles. The van der Waals surface area contributed by atoms with E-state index < -0.39 is 5.56 Å². The van der Waals surface area contributed by atoms with Crippen LogP contribution in [0.5, 0.6) is 17.6 Å². The molecule has 0 spiro atoms. The smallest absolute Gasteiger partial charge is 0.254 e. The van der Waals surface area contributed by atoms with E-state index in [1.165, 1.54) is 28.8 Å². The van der Waals surface area contributed by atoms with Gasteiger partial charge in [-0.3, -0.25) is 28.1 Å². The number of rotatable bonds is 6. The predicted octanol–water partition coefficient (Wildman–Crippen LogP) is 2.82. The van der Waals surface area contributed by atoms with Gasteiger partial charge < -0.3 is 15.3 Å². The molecular weight excluding hydrogens is 552 g/mol. The van der Waals surface area contributed by atoms with Crippen LogP contribution in [0.15, 0.2) is 45.2 Å². The van der Waals surface area contributed by atoms with Crippen LogP contribution in [0.3, 0.4) is 0 Å². The van der Waals surface area contributed by atoms with Gasteiger partial charge >= 0.3 is 0 Å². The number of pyridine rings is 3. The van der Waals surface area contributed by atoms with Gasteiger partial charge in [0.1, 0.15) is 34.9 Å². The highest BCUT2D eigenvalue weighted by Crippen LogP contribution is 2.19. The monoisotopic (exact) mass is 584 g/mol. The van der Waals surface area contributed by atoms with E-state index in [1.807, 2.05) is 25.1 Å². The van der Waals surface area contributed by atoms with Gasteiger partial charge in [-0.15, -0.1) is 13.0 Å². The Morgan fingerprint density at radius 3 is 1.51 bits per heavy atom. The molecule has 43 heavy (non-hydrogen) atoms. The van der Waals surface area contributed by atoms with Crippen molar-refractivity contribution in [1.82, 2.24) is 13.7 Å². The lowest BCUT2D eigenvalue weighted by molar-refractivity contribution is 0.399. The van der Waals surface area contributed by atoms with Crippen LogP contribution >= 0.6 is 0 Å². The number of unbranched alkanes of at least 4 members (excludes halogenated alkanes) is 1. The van der Waals surface area contributed by atoms with E-state index in [0.29, 0.717) is 23.2 Å². The molecule has 0 aliphatic rings. The molecule has 0 saturated carbocycles. The first-order valence-corrected chi connectivity index (χ1v) is 12.9. The molecule has 0 saturated heterocycles. The van der Waals surface area contributed by atoms with Gasteiger partial charge in [-0.25, -0.2) is 0 Å². The molecule has 0 aliphatic heterocycles. The standard InChI is InChI=1S/C11H14N2O2.C10H10N2O2.C10H8N2O2/c1-3-4-5-13-10(14)6-8(2)9(7-12)11(13)15;2*1-3-4-12-9(13)5-7(2)8(6-11)10(12)14/h6,15H,3-5H2,1-2H3;3,5,14H,1,4H2,2H3;1,5,14H,4H2,2H3. The number of hydrogen-bond donors (Lipinski definition) is 3. The average molecular weight is 585 g/mol. The lowest BCUT2D eigenvalue weighted by atomic mass is 10.1. The Labute approximate surface area is 248 Å². The minimum absolute atomic E-state index is 0.0420. The molecule has 0 aliphatic carbocycles. The van der Waals surface area contributed by atoms with Gasteiger partial charge in [0.25, 0.3) is 16.7 Å². The van der Waals surface area contributed by atoms with Gasteiger partial charge in [0.2, 0.25) is 17.6 Å². The predicted molar refractivity (Wildman–Crippen MR) is 159 cm³/mol. The third-order valence-corrected chi connectivity index (χ3v) is 6.07. The lowest BCUT2D eigenvalue weighted by Gasteiger charge is -2.09. The van der Waals surface area contributed by atoms with E-state index in [-0.39, 0.29) is 58.5 Å². The van der Waals surface area contributed by atoms with Crippen molar-refractivity contribution < 1.29 is 15.3 Å². The summed E-state index contributed by atoms with van der Waals surface area (Å²) in [6, 6.07) is 9.53. The summed E-state index contributed by atoms with van der Waals surface area (Å²) in [6.45, 7) is 10.9. The van der Waals surface area contributed by atoms with Crippen molar-refractivity contribution >= 4 is 0 Å². The molecule has 0 unspecified atom stereocenters. The maximum Gasteiger partial charge on any atom is 0.254 e. The molecule has 0 fully saturated rings. The number of terminal acetylenes is 1. The molecule has 3 aromatic rings. The Balaban J connectivity index is 0.000000323. The molecule has 12 nitrogen and oxygen atoms in total. The fourth-order valence-corrected chi connectivity index (χ4v) is 3.75. The summed E-state index contributed by atoms with van der Waals surface area (Å²) in [5.41, 5.74) is 0.858. The summed E-state index contributed by atoms with van der Waals surface area (Å²) in [7, 11) is 0. The molecule has 3 heterocycles. The van der Waals surface area contributed by atoms with Crippen molar-refractivity contribution in [3.05, 3.63) is 95.3 Å². The van der Waals surface area contributed by atoms with Gasteiger partial charge in [0.15, 0.2) is 0 Å². The summed E-state index contributed by atoms with van der Waals surface area (Å²) in [6.07, 6.45) is 8.25. The van der Waals surface area contributed by atoms with E-state index in [9.17, 15) is 29.7 Å². The van der Waals surface area contributed by atoms with Crippen LogP contribution in [0.1, 0.15) is 53.1 Å². The Hall–Kier alpha value is -5.98. The van der Waals surface area contributed by atoms with Crippen molar-refractivity contribution in [2.75, 3.05) is 0 Å². The van der Waals surface area contributed by atoms with Crippen LogP contribution in [0, 0.1) is 67.1 Å². The number of allylic oxidation sites excluding steroid dienone is 1. The molecule has 3 N–H and O–H groups in total. The van der Waals surface area contributed by atoms with Crippen molar-refractivity contribution in [3.63, 3.8) is 0 Å². The third kappa shape index (κ3) is 8.50. The highest BCUT2D eigenvalue weighted by Gasteiger charge is 2.13. The van der Waals surface area contributed by atoms with Crippen LogP contribution in [-0.2, 0) is 19.6 Å². The number of aromatic nitrogens is 3. The van der Waals surface area contributed by atoms with Crippen LogP contribution in [0.4, 0.5) is 0 Å². The van der Waals surface area contributed by atoms with Gasteiger partial charge in [-0.05, 0) is 43.9 Å². The highest BCUT2D eigenvalue weighted by atomic mass is 16.3. The maximum absolute atomic E-state index is 11.5. The molecule has 0 radical (unpaired) electrons. The first-order valence-electron chi connectivity index (χ1n) is 12.9. The van der Waals surface area contributed by atoms with E-state index >= 15 is 0 Å². The normalized spacial score (nSPS) is 9.49. The SMILES string of the molecule is C#CCn1c(O)c(C#N)c(C)cc1=O.C=CCn1c(O)c(C#N)c(C)cc1=O.CCCCn1c(O)c(C#N)c(C)cc1=O. The molecule has 0 bridgehead atoms. The molecule has 12 heteroatoms. The minimum Gasteiger partial charge on any atom is -0.493 e. The molecular formula is C31H32N6O6. The second kappa shape index (κ2) is 16.3. The van der Waals surface area contributed by atoms with Crippen LogP contribution < -0.4 is 16.7 Å². The van der Waals surface area contributed by atoms with Crippen LogP contribution in [0.2, 0.25) is 0 Å². The minimum atomic E-state index is -0.406. The number of aryl methyl sites for hydroxylation is 3. The molecule has 0 atom stereocenters. The first kappa shape index (κ1) is 35.0.